The van der Waals surface area contributed by atoms with Gasteiger partial charge in [-0.2, -0.15) is 4.98 Å². The minimum atomic E-state index is -0.499. The molecule has 0 bridgehead atoms. The van der Waals surface area contributed by atoms with E-state index in [9.17, 15) is 4.79 Å². The van der Waals surface area contributed by atoms with Crippen molar-refractivity contribution >= 4 is 28.9 Å². The number of aromatic nitrogens is 1. The van der Waals surface area contributed by atoms with Crippen LogP contribution < -0.4 is 4.74 Å². The normalized spacial score (nSPS) is 9.58. The minimum absolute atomic E-state index is 0.115. The van der Waals surface area contributed by atoms with Crippen LogP contribution in [0.3, 0.4) is 0 Å². The van der Waals surface area contributed by atoms with Crippen LogP contribution in [0, 0.1) is 0 Å². The van der Waals surface area contributed by atoms with Gasteiger partial charge in [0.15, 0.2) is 10.0 Å². The van der Waals surface area contributed by atoms with Crippen molar-refractivity contribution in [3.63, 3.8) is 0 Å². The van der Waals surface area contributed by atoms with Gasteiger partial charge in [-0.1, -0.05) is 22.9 Å². The summed E-state index contributed by atoms with van der Waals surface area (Å²) in [6.45, 7) is 0. The molecule has 0 saturated heterocycles. The molecule has 12 heavy (non-hydrogen) atoms. The summed E-state index contributed by atoms with van der Waals surface area (Å²) in [6.07, 6.45) is 0. The Morgan fingerprint density at radius 2 is 2.25 bits per heavy atom. The molecule has 0 aliphatic carbocycles. The van der Waals surface area contributed by atoms with E-state index in [0.29, 0.717) is 5.19 Å². The third-order valence-electron chi connectivity index (χ3n) is 1.11. The zero-order valence-electron chi connectivity index (χ0n) is 6.46. The number of methoxy groups -OCH3 is 2. The number of nitrogens with zero attached hydrogens (tertiary/aromatic N) is 1. The Balaban J connectivity index is 2.99. The van der Waals surface area contributed by atoms with Crippen LogP contribution in [-0.2, 0) is 4.74 Å². The molecule has 0 saturated carbocycles. The van der Waals surface area contributed by atoms with E-state index in [1.165, 1.54) is 14.2 Å². The van der Waals surface area contributed by atoms with E-state index in [-0.39, 0.29) is 10.0 Å². The first kappa shape index (κ1) is 9.28. The lowest BCUT2D eigenvalue weighted by Gasteiger charge is -1.91. The van der Waals surface area contributed by atoms with Gasteiger partial charge in [-0.05, 0) is 0 Å². The van der Waals surface area contributed by atoms with Crippen LogP contribution in [0.2, 0.25) is 5.15 Å². The zero-order chi connectivity index (χ0) is 9.14. The van der Waals surface area contributed by atoms with E-state index in [0.717, 1.165) is 11.3 Å². The lowest BCUT2D eigenvalue weighted by Crippen LogP contribution is -1.98. The SMILES string of the molecule is COC(=O)c1sc(OC)nc1Cl. The highest BCUT2D eigenvalue weighted by atomic mass is 35.5. The van der Waals surface area contributed by atoms with Crippen molar-refractivity contribution in [2.45, 2.75) is 0 Å². The Morgan fingerprint density at radius 3 is 2.67 bits per heavy atom. The van der Waals surface area contributed by atoms with Crippen LogP contribution in [-0.4, -0.2) is 25.2 Å². The Hall–Kier alpha value is -0.810. The number of ether oxygens (including phenoxy) is 2. The maximum absolute atomic E-state index is 11.0. The monoisotopic (exact) mass is 207 g/mol. The Kier molecular flexibility index (Phi) is 2.88. The first-order valence-corrected chi connectivity index (χ1v) is 4.17. The summed E-state index contributed by atoms with van der Waals surface area (Å²) in [7, 11) is 2.74. The highest BCUT2D eigenvalue weighted by molar-refractivity contribution is 7.15. The number of carbonyl (C=O) groups is 1. The molecular weight excluding hydrogens is 202 g/mol. The molecule has 6 heteroatoms. The molecule has 1 aromatic heterocycles. The molecule has 0 atom stereocenters. The second-order valence-corrected chi connectivity index (χ2v) is 3.12. The molecule has 0 N–H and O–H groups in total. The van der Waals surface area contributed by atoms with Crippen LogP contribution in [0.5, 0.6) is 5.19 Å². The number of rotatable bonds is 2. The summed E-state index contributed by atoms with van der Waals surface area (Å²) in [6, 6.07) is 0. The molecule has 1 rings (SSSR count). The van der Waals surface area contributed by atoms with Crippen LogP contribution >= 0.6 is 22.9 Å². The van der Waals surface area contributed by atoms with Crippen LogP contribution in [0.25, 0.3) is 0 Å². The summed E-state index contributed by atoms with van der Waals surface area (Å²) in [5.41, 5.74) is 0. The zero-order valence-corrected chi connectivity index (χ0v) is 8.03. The summed E-state index contributed by atoms with van der Waals surface area (Å²) in [5, 5.41) is 0.462. The quantitative estimate of drug-likeness (QED) is 0.691. The maximum Gasteiger partial charge on any atom is 0.351 e. The molecule has 0 spiro atoms. The third kappa shape index (κ3) is 1.67. The van der Waals surface area contributed by atoms with Crippen molar-refractivity contribution < 1.29 is 14.3 Å². The second-order valence-electron chi connectivity index (χ2n) is 1.80. The predicted molar refractivity (Wildman–Crippen MR) is 45.0 cm³/mol. The van der Waals surface area contributed by atoms with Gasteiger partial charge in [0.2, 0.25) is 0 Å². The lowest BCUT2D eigenvalue weighted by atomic mass is 10.6. The Bertz CT molecular complexity index is 299. The largest absolute Gasteiger partial charge is 0.473 e. The minimum Gasteiger partial charge on any atom is -0.473 e. The van der Waals surface area contributed by atoms with E-state index in [1.807, 2.05) is 0 Å². The van der Waals surface area contributed by atoms with Gasteiger partial charge in [0.05, 0.1) is 14.2 Å². The van der Waals surface area contributed by atoms with E-state index in [4.69, 9.17) is 16.3 Å². The molecule has 0 radical (unpaired) electrons. The van der Waals surface area contributed by atoms with Crippen molar-refractivity contribution in [2.24, 2.45) is 0 Å². The van der Waals surface area contributed by atoms with E-state index < -0.39 is 5.97 Å². The fourth-order valence-electron chi connectivity index (χ4n) is 0.589. The number of carbonyl (C=O) groups excluding carboxylic acids is 1. The summed E-state index contributed by atoms with van der Waals surface area (Å²) < 4.78 is 9.25. The number of thiazole rings is 1. The molecule has 0 amide bonds. The topological polar surface area (TPSA) is 48.4 Å². The highest BCUT2D eigenvalue weighted by Crippen LogP contribution is 2.28. The molecule has 1 aromatic rings. The van der Waals surface area contributed by atoms with Gasteiger partial charge in [-0.3, -0.25) is 0 Å². The fraction of sp³-hybridized carbons (Fsp3) is 0.333. The van der Waals surface area contributed by atoms with Crippen LogP contribution in [0.1, 0.15) is 9.67 Å². The second kappa shape index (κ2) is 3.73. The van der Waals surface area contributed by atoms with Gasteiger partial charge in [0.25, 0.3) is 5.19 Å². The fourth-order valence-corrected chi connectivity index (χ4v) is 1.60. The van der Waals surface area contributed by atoms with Crippen LogP contribution in [0.4, 0.5) is 0 Å². The average Bonchev–Trinajstić information content (AvgIpc) is 2.45. The summed E-state index contributed by atoms with van der Waals surface area (Å²) in [5.74, 6) is -0.499. The molecule has 1 heterocycles. The number of halogens is 1. The summed E-state index contributed by atoms with van der Waals surface area (Å²) >= 11 is 6.67. The average molecular weight is 208 g/mol. The number of esters is 1. The predicted octanol–water partition coefficient (Wildman–Crippen LogP) is 1.59. The molecule has 0 aromatic carbocycles. The molecule has 0 fully saturated rings. The molecule has 66 valence electrons. The first-order valence-electron chi connectivity index (χ1n) is 2.97. The van der Waals surface area contributed by atoms with Gasteiger partial charge < -0.3 is 9.47 Å². The molecular formula is C6H6ClNO3S. The van der Waals surface area contributed by atoms with Gasteiger partial charge in [0.1, 0.15) is 0 Å². The van der Waals surface area contributed by atoms with Gasteiger partial charge in [-0.25, -0.2) is 4.79 Å². The van der Waals surface area contributed by atoms with Crippen LogP contribution in [0.15, 0.2) is 0 Å². The van der Waals surface area contributed by atoms with Crippen molar-refractivity contribution in [1.82, 2.24) is 4.98 Å². The molecule has 0 unspecified atom stereocenters. The van der Waals surface area contributed by atoms with Crippen molar-refractivity contribution in [2.75, 3.05) is 14.2 Å². The molecule has 0 aliphatic rings. The highest BCUT2D eigenvalue weighted by Gasteiger charge is 2.17. The molecule has 4 nitrogen and oxygen atoms in total. The van der Waals surface area contributed by atoms with E-state index >= 15 is 0 Å². The van der Waals surface area contributed by atoms with Crippen molar-refractivity contribution in [3.8, 4) is 5.19 Å². The van der Waals surface area contributed by atoms with Crippen molar-refractivity contribution in [1.29, 1.82) is 0 Å². The molecule has 0 aliphatic heterocycles. The van der Waals surface area contributed by atoms with Gasteiger partial charge in [0, 0.05) is 0 Å². The van der Waals surface area contributed by atoms with E-state index in [2.05, 4.69) is 9.72 Å². The summed E-state index contributed by atoms with van der Waals surface area (Å²) in [4.78, 5) is 15.0. The smallest absolute Gasteiger partial charge is 0.351 e. The number of hydrogen-bond acceptors (Lipinski definition) is 5. The van der Waals surface area contributed by atoms with Gasteiger partial charge in [-0.15, -0.1) is 0 Å². The van der Waals surface area contributed by atoms with Gasteiger partial charge >= 0.3 is 5.97 Å². The Morgan fingerprint density at radius 1 is 1.58 bits per heavy atom. The number of hydrogen-bond donors (Lipinski definition) is 0. The Labute approximate surface area is 78.1 Å². The standard InChI is InChI=1S/C6H6ClNO3S/c1-10-5(9)3-4(7)8-6(11-2)12-3/h1-2H3. The lowest BCUT2D eigenvalue weighted by molar-refractivity contribution is 0.0606. The third-order valence-corrected chi connectivity index (χ3v) is 2.49. The van der Waals surface area contributed by atoms with E-state index in [1.54, 1.807) is 0 Å². The first-order chi connectivity index (χ1) is 5.69. The maximum atomic E-state index is 11.0. The van der Waals surface area contributed by atoms with Crippen molar-refractivity contribution in [3.05, 3.63) is 10.0 Å².